The number of morpholine rings is 1. The van der Waals surface area contributed by atoms with Crippen LogP contribution in [0.1, 0.15) is 20.3 Å². The Morgan fingerprint density at radius 2 is 1.96 bits per heavy atom. The van der Waals surface area contributed by atoms with Gasteiger partial charge in [-0.1, -0.05) is 12.1 Å². The number of carbonyl (C=O) groups is 1. The van der Waals surface area contributed by atoms with E-state index in [4.69, 9.17) is 9.47 Å². The molecule has 2 amide bonds. The van der Waals surface area contributed by atoms with Gasteiger partial charge in [0.25, 0.3) is 0 Å². The number of ether oxygens (including phenoxy) is 2. The van der Waals surface area contributed by atoms with Crippen LogP contribution in [0.25, 0.3) is 0 Å². The number of carbonyl (C=O) groups excluding carboxylic acids is 1. The standard InChI is InChI=1S/C19H29N3O3/c1-14-11-22(12-15(2)25-14)19(23)20-10-16-8-9-21(13-16)17-6-4-5-7-18(17)24-3/h4-7,14-16H,8-13H2,1-3H3,(H,20,23)/t14-,15+,16-/m1/s1. The van der Waals surface area contributed by atoms with Crippen LogP contribution in [0.5, 0.6) is 5.75 Å². The summed E-state index contributed by atoms with van der Waals surface area (Å²) in [4.78, 5) is 16.6. The number of urea groups is 1. The van der Waals surface area contributed by atoms with Gasteiger partial charge in [0.05, 0.1) is 25.0 Å². The van der Waals surface area contributed by atoms with E-state index in [1.54, 1.807) is 7.11 Å². The fourth-order valence-corrected chi connectivity index (χ4v) is 3.80. The van der Waals surface area contributed by atoms with Crippen molar-refractivity contribution in [1.29, 1.82) is 0 Å². The lowest BCUT2D eigenvalue weighted by Crippen LogP contribution is -2.52. The minimum Gasteiger partial charge on any atom is -0.495 e. The second kappa shape index (κ2) is 7.95. The van der Waals surface area contributed by atoms with E-state index in [0.29, 0.717) is 25.6 Å². The van der Waals surface area contributed by atoms with Crippen molar-refractivity contribution in [2.24, 2.45) is 5.92 Å². The summed E-state index contributed by atoms with van der Waals surface area (Å²) in [6, 6.07) is 8.13. The normalized spacial score (nSPS) is 26.6. The highest BCUT2D eigenvalue weighted by molar-refractivity contribution is 5.74. The molecule has 2 heterocycles. The summed E-state index contributed by atoms with van der Waals surface area (Å²) in [6.45, 7) is 7.99. The van der Waals surface area contributed by atoms with Crippen molar-refractivity contribution in [2.75, 3.05) is 44.7 Å². The van der Waals surface area contributed by atoms with E-state index >= 15 is 0 Å². The van der Waals surface area contributed by atoms with Crippen LogP contribution in [-0.4, -0.2) is 63.0 Å². The molecule has 0 unspecified atom stereocenters. The number of nitrogens with one attached hydrogen (secondary N) is 1. The summed E-state index contributed by atoms with van der Waals surface area (Å²) >= 11 is 0. The van der Waals surface area contributed by atoms with Crippen LogP contribution in [-0.2, 0) is 4.74 Å². The maximum absolute atomic E-state index is 12.4. The summed E-state index contributed by atoms with van der Waals surface area (Å²) in [5, 5.41) is 3.11. The van der Waals surface area contributed by atoms with E-state index in [1.165, 1.54) is 0 Å². The number of hydrogen-bond donors (Lipinski definition) is 1. The Balaban J connectivity index is 1.49. The average Bonchev–Trinajstić information content (AvgIpc) is 3.07. The molecule has 0 bridgehead atoms. The molecule has 3 rings (SSSR count). The number of benzene rings is 1. The Hall–Kier alpha value is -1.95. The SMILES string of the molecule is COc1ccccc1N1CC[C@H](CNC(=O)N2C[C@@H](C)O[C@@H](C)C2)C1. The van der Waals surface area contributed by atoms with Gasteiger partial charge >= 0.3 is 6.03 Å². The van der Waals surface area contributed by atoms with Gasteiger partial charge in [-0.15, -0.1) is 0 Å². The summed E-state index contributed by atoms with van der Waals surface area (Å²) in [5.41, 5.74) is 1.13. The largest absolute Gasteiger partial charge is 0.495 e. The lowest BCUT2D eigenvalue weighted by atomic mass is 10.1. The van der Waals surface area contributed by atoms with Gasteiger partial charge in [0.1, 0.15) is 5.75 Å². The van der Waals surface area contributed by atoms with Gasteiger partial charge in [0.15, 0.2) is 0 Å². The maximum Gasteiger partial charge on any atom is 0.317 e. The van der Waals surface area contributed by atoms with Gasteiger partial charge in [-0.2, -0.15) is 0 Å². The average molecular weight is 347 g/mol. The third-order valence-corrected chi connectivity index (χ3v) is 4.96. The molecule has 2 saturated heterocycles. The topological polar surface area (TPSA) is 54.0 Å². The molecular weight excluding hydrogens is 318 g/mol. The van der Waals surface area contributed by atoms with Crippen molar-refractivity contribution in [3.8, 4) is 5.75 Å². The highest BCUT2D eigenvalue weighted by Crippen LogP contribution is 2.31. The summed E-state index contributed by atoms with van der Waals surface area (Å²) < 4.78 is 11.1. The molecule has 0 aromatic heterocycles. The van der Waals surface area contributed by atoms with Crippen molar-refractivity contribution < 1.29 is 14.3 Å². The van der Waals surface area contributed by atoms with Crippen molar-refractivity contribution in [2.45, 2.75) is 32.5 Å². The van der Waals surface area contributed by atoms with Crippen molar-refractivity contribution in [3.63, 3.8) is 0 Å². The second-order valence-electron chi connectivity index (χ2n) is 7.12. The van der Waals surface area contributed by atoms with Crippen LogP contribution in [0.2, 0.25) is 0 Å². The molecule has 0 radical (unpaired) electrons. The lowest BCUT2D eigenvalue weighted by molar-refractivity contribution is -0.0545. The van der Waals surface area contributed by atoms with Gasteiger partial charge in [0, 0.05) is 32.7 Å². The molecule has 0 aliphatic carbocycles. The first-order valence-corrected chi connectivity index (χ1v) is 9.13. The number of hydrogen-bond acceptors (Lipinski definition) is 4. The van der Waals surface area contributed by atoms with Gasteiger partial charge in [-0.25, -0.2) is 4.79 Å². The Morgan fingerprint density at radius 1 is 1.24 bits per heavy atom. The van der Waals surface area contributed by atoms with Crippen LogP contribution in [0.3, 0.4) is 0 Å². The summed E-state index contributed by atoms with van der Waals surface area (Å²) in [5.74, 6) is 1.37. The van der Waals surface area contributed by atoms with E-state index in [9.17, 15) is 4.79 Å². The Morgan fingerprint density at radius 3 is 2.68 bits per heavy atom. The van der Waals surface area contributed by atoms with E-state index in [0.717, 1.165) is 30.9 Å². The van der Waals surface area contributed by atoms with Crippen molar-refractivity contribution in [3.05, 3.63) is 24.3 Å². The first-order chi connectivity index (χ1) is 12.1. The Labute approximate surface area is 150 Å². The maximum atomic E-state index is 12.4. The molecule has 1 N–H and O–H groups in total. The Kier molecular flexibility index (Phi) is 5.68. The van der Waals surface area contributed by atoms with Crippen molar-refractivity contribution in [1.82, 2.24) is 10.2 Å². The zero-order valence-electron chi connectivity index (χ0n) is 15.4. The van der Waals surface area contributed by atoms with Gasteiger partial charge in [-0.3, -0.25) is 0 Å². The number of nitrogens with zero attached hydrogens (tertiary/aromatic N) is 2. The molecule has 1 aromatic carbocycles. The molecule has 2 fully saturated rings. The highest BCUT2D eigenvalue weighted by Gasteiger charge is 2.28. The molecule has 2 aliphatic heterocycles. The fourth-order valence-electron chi connectivity index (χ4n) is 3.80. The fraction of sp³-hybridized carbons (Fsp3) is 0.632. The van der Waals surface area contributed by atoms with E-state index in [1.807, 2.05) is 36.9 Å². The molecule has 3 atom stereocenters. The number of rotatable bonds is 4. The van der Waals surface area contributed by atoms with E-state index in [-0.39, 0.29) is 18.2 Å². The first kappa shape index (κ1) is 17.9. The molecule has 138 valence electrons. The number of amides is 2. The third-order valence-electron chi connectivity index (χ3n) is 4.96. The quantitative estimate of drug-likeness (QED) is 0.908. The second-order valence-corrected chi connectivity index (χ2v) is 7.12. The monoisotopic (exact) mass is 347 g/mol. The van der Waals surface area contributed by atoms with Crippen LogP contribution < -0.4 is 15.0 Å². The molecule has 25 heavy (non-hydrogen) atoms. The zero-order chi connectivity index (χ0) is 17.8. The summed E-state index contributed by atoms with van der Waals surface area (Å²) in [7, 11) is 1.71. The van der Waals surface area contributed by atoms with E-state index in [2.05, 4.69) is 16.3 Å². The van der Waals surface area contributed by atoms with Gasteiger partial charge in [0.2, 0.25) is 0 Å². The summed E-state index contributed by atoms with van der Waals surface area (Å²) in [6.07, 6.45) is 1.28. The molecule has 2 aliphatic rings. The molecule has 6 nitrogen and oxygen atoms in total. The third kappa shape index (κ3) is 4.37. The zero-order valence-corrected chi connectivity index (χ0v) is 15.4. The predicted octanol–water partition coefficient (Wildman–Crippen LogP) is 2.34. The molecule has 6 heteroatoms. The lowest BCUT2D eigenvalue weighted by Gasteiger charge is -2.35. The minimum atomic E-state index is 0.0257. The highest BCUT2D eigenvalue weighted by atomic mass is 16.5. The van der Waals surface area contributed by atoms with Crippen LogP contribution in [0.15, 0.2) is 24.3 Å². The Bertz CT molecular complexity index is 585. The first-order valence-electron chi connectivity index (χ1n) is 9.13. The van der Waals surface area contributed by atoms with Crippen LogP contribution in [0.4, 0.5) is 10.5 Å². The smallest absolute Gasteiger partial charge is 0.317 e. The molecular formula is C19H29N3O3. The van der Waals surface area contributed by atoms with Gasteiger partial charge < -0.3 is 24.6 Å². The number of anilines is 1. The van der Waals surface area contributed by atoms with Crippen LogP contribution >= 0.6 is 0 Å². The minimum absolute atomic E-state index is 0.0257. The number of para-hydroxylation sites is 2. The number of methoxy groups -OCH3 is 1. The van der Waals surface area contributed by atoms with Gasteiger partial charge in [-0.05, 0) is 38.3 Å². The van der Waals surface area contributed by atoms with Crippen molar-refractivity contribution >= 4 is 11.7 Å². The molecule has 0 spiro atoms. The molecule has 1 aromatic rings. The van der Waals surface area contributed by atoms with E-state index < -0.39 is 0 Å². The predicted molar refractivity (Wildman–Crippen MR) is 98.3 cm³/mol. The van der Waals surface area contributed by atoms with Crippen LogP contribution in [0, 0.1) is 5.92 Å². The molecule has 0 saturated carbocycles.